The number of urea groups is 1. The summed E-state index contributed by atoms with van der Waals surface area (Å²) < 4.78 is 6.42. The van der Waals surface area contributed by atoms with Crippen LogP contribution in [0, 0.1) is 0 Å². The molecule has 2 aromatic heterocycles. The minimum atomic E-state index is -0.379. The number of rotatable bonds is 7. The van der Waals surface area contributed by atoms with E-state index in [-0.39, 0.29) is 25.1 Å². The number of methoxy groups -OCH3 is 1. The van der Waals surface area contributed by atoms with E-state index in [0.717, 1.165) is 5.56 Å². The molecular weight excluding hydrogens is 360 g/mol. The molecule has 0 saturated heterocycles. The number of hydrogen-bond acceptors (Lipinski definition) is 5. The standard InChI is InChI=1S/C19H20N6O3/c1-28-13-17(26)23-15-6-2-7-16(11-15)24-19(27)21-12-14-5-3-8-20-18(14)25-10-4-9-22-25/h2-11H,12-13H2,1H3,(H,23,26)(H2,21,24,27). The summed E-state index contributed by atoms with van der Waals surface area (Å²) in [5.74, 6) is 0.377. The zero-order valence-corrected chi connectivity index (χ0v) is 15.3. The van der Waals surface area contributed by atoms with Crippen molar-refractivity contribution in [3.8, 4) is 5.82 Å². The normalized spacial score (nSPS) is 10.3. The molecule has 0 aliphatic heterocycles. The van der Waals surface area contributed by atoms with Gasteiger partial charge in [-0.25, -0.2) is 14.5 Å². The Bertz CT molecular complexity index is 942. The molecule has 3 aromatic rings. The maximum Gasteiger partial charge on any atom is 0.319 e. The van der Waals surface area contributed by atoms with E-state index in [4.69, 9.17) is 4.74 Å². The van der Waals surface area contributed by atoms with Gasteiger partial charge in [-0.3, -0.25) is 4.79 Å². The second-order valence-corrected chi connectivity index (χ2v) is 5.81. The number of carbonyl (C=O) groups is 2. The fourth-order valence-electron chi connectivity index (χ4n) is 2.52. The Balaban J connectivity index is 1.59. The van der Waals surface area contributed by atoms with Crippen molar-refractivity contribution >= 4 is 23.3 Å². The van der Waals surface area contributed by atoms with Crippen LogP contribution in [0.2, 0.25) is 0 Å². The average Bonchev–Trinajstić information content (AvgIpc) is 3.22. The van der Waals surface area contributed by atoms with Gasteiger partial charge in [0.1, 0.15) is 6.61 Å². The first kappa shape index (κ1) is 19.1. The molecule has 1 aromatic carbocycles. The highest BCUT2D eigenvalue weighted by Gasteiger charge is 2.09. The van der Waals surface area contributed by atoms with E-state index in [2.05, 4.69) is 26.0 Å². The Morgan fingerprint density at radius 2 is 1.89 bits per heavy atom. The summed E-state index contributed by atoms with van der Waals surface area (Å²) in [4.78, 5) is 28.1. The van der Waals surface area contributed by atoms with Gasteiger partial charge in [-0.1, -0.05) is 12.1 Å². The van der Waals surface area contributed by atoms with Gasteiger partial charge in [0.25, 0.3) is 0 Å². The highest BCUT2D eigenvalue weighted by atomic mass is 16.5. The predicted molar refractivity (Wildman–Crippen MR) is 104 cm³/mol. The summed E-state index contributed by atoms with van der Waals surface area (Å²) in [6.07, 6.45) is 5.12. The van der Waals surface area contributed by atoms with Crippen LogP contribution in [0.4, 0.5) is 16.2 Å². The number of ether oxygens (including phenoxy) is 1. The Hall–Kier alpha value is -3.72. The summed E-state index contributed by atoms with van der Waals surface area (Å²) in [5, 5.41) is 12.4. The Labute approximate surface area is 161 Å². The van der Waals surface area contributed by atoms with E-state index < -0.39 is 0 Å². The van der Waals surface area contributed by atoms with Crippen LogP contribution in [0.25, 0.3) is 5.82 Å². The first-order valence-electron chi connectivity index (χ1n) is 8.53. The van der Waals surface area contributed by atoms with E-state index in [9.17, 15) is 9.59 Å². The molecule has 2 heterocycles. The molecule has 0 aliphatic carbocycles. The molecule has 3 amide bonds. The maximum atomic E-state index is 12.2. The van der Waals surface area contributed by atoms with Gasteiger partial charge in [-0.15, -0.1) is 0 Å². The first-order chi connectivity index (χ1) is 13.7. The van der Waals surface area contributed by atoms with E-state index >= 15 is 0 Å². The monoisotopic (exact) mass is 380 g/mol. The number of benzene rings is 1. The first-order valence-corrected chi connectivity index (χ1v) is 8.53. The van der Waals surface area contributed by atoms with Gasteiger partial charge in [0, 0.05) is 49.2 Å². The van der Waals surface area contributed by atoms with Crippen molar-refractivity contribution in [1.29, 1.82) is 0 Å². The Kier molecular flexibility index (Phi) is 6.32. The van der Waals surface area contributed by atoms with Crippen molar-refractivity contribution in [3.05, 3.63) is 66.6 Å². The van der Waals surface area contributed by atoms with E-state index in [0.29, 0.717) is 17.2 Å². The third-order valence-corrected chi connectivity index (χ3v) is 3.71. The van der Waals surface area contributed by atoms with Crippen LogP contribution in [0.15, 0.2) is 61.1 Å². The lowest BCUT2D eigenvalue weighted by molar-refractivity contribution is -0.119. The van der Waals surface area contributed by atoms with Crippen molar-refractivity contribution in [2.75, 3.05) is 24.4 Å². The summed E-state index contributed by atoms with van der Waals surface area (Å²) >= 11 is 0. The van der Waals surface area contributed by atoms with E-state index in [1.807, 2.05) is 6.07 Å². The zero-order valence-electron chi connectivity index (χ0n) is 15.3. The lowest BCUT2D eigenvalue weighted by Gasteiger charge is -2.11. The number of pyridine rings is 1. The van der Waals surface area contributed by atoms with Crippen LogP contribution in [-0.2, 0) is 16.1 Å². The molecule has 0 fully saturated rings. The molecule has 28 heavy (non-hydrogen) atoms. The Morgan fingerprint density at radius 1 is 1.07 bits per heavy atom. The number of nitrogens with zero attached hydrogens (tertiary/aromatic N) is 3. The minimum Gasteiger partial charge on any atom is -0.375 e. The molecule has 144 valence electrons. The van der Waals surface area contributed by atoms with Crippen LogP contribution in [0.5, 0.6) is 0 Å². The second kappa shape index (κ2) is 9.28. The summed E-state index contributed by atoms with van der Waals surface area (Å²) in [6.45, 7) is 0.237. The van der Waals surface area contributed by atoms with Crippen LogP contribution in [-0.4, -0.2) is 40.4 Å². The second-order valence-electron chi connectivity index (χ2n) is 5.81. The summed E-state index contributed by atoms with van der Waals surface area (Å²) in [6, 6.07) is 11.9. The average molecular weight is 380 g/mol. The number of amides is 3. The van der Waals surface area contributed by atoms with Crippen molar-refractivity contribution in [2.45, 2.75) is 6.54 Å². The molecule has 0 saturated carbocycles. The van der Waals surface area contributed by atoms with Crippen LogP contribution < -0.4 is 16.0 Å². The van der Waals surface area contributed by atoms with Gasteiger partial charge in [-0.2, -0.15) is 5.10 Å². The van der Waals surface area contributed by atoms with Gasteiger partial charge in [-0.05, 0) is 30.3 Å². The molecule has 0 bridgehead atoms. The van der Waals surface area contributed by atoms with Gasteiger partial charge in [0.2, 0.25) is 5.91 Å². The van der Waals surface area contributed by atoms with Crippen molar-refractivity contribution in [3.63, 3.8) is 0 Å². The molecule has 0 spiro atoms. The highest BCUT2D eigenvalue weighted by molar-refractivity contribution is 5.94. The minimum absolute atomic E-state index is 0.0398. The summed E-state index contributed by atoms with van der Waals surface area (Å²) in [7, 11) is 1.45. The third kappa shape index (κ3) is 5.15. The van der Waals surface area contributed by atoms with Crippen molar-refractivity contribution in [1.82, 2.24) is 20.1 Å². The van der Waals surface area contributed by atoms with E-state index in [1.54, 1.807) is 59.7 Å². The quantitative estimate of drug-likeness (QED) is 0.582. The number of aromatic nitrogens is 3. The van der Waals surface area contributed by atoms with Gasteiger partial charge in [0.15, 0.2) is 5.82 Å². The fourth-order valence-corrected chi connectivity index (χ4v) is 2.52. The number of nitrogens with one attached hydrogen (secondary N) is 3. The number of hydrogen-bond donors (Lipinski definition) is 3. The lowest BCUT2D eigenvalue weighted by atomic mass is 10.2. The molecule has 0 unspecified atom stereocenters. The molecular formula is C19H20N6O3. The predicted octanol–water partition coefficient (Wildman–Crippen LogP) is 2.17. The fraction of sp³-hybridized carbons (Fsp3) is 0.158. The topological polar surface area (TPSA) is 110 Å². The van der Waals surface area contributed by atoms with Gasteiger partial charge < -0.3 is 20.7 Å². The maximum absolute atomic E-state index is 12.2. The van der Waals surface area contributed by atoms with Crippen LogP contribution in [0.1, 0.15) is 5.56 Å². The van der Waals surface area contributed by atoms with Crippen LogP contribution in [0.3, 0.4) is 0 Å². The smallest absolute Gasteiger partial charge is 0.319 e. The van der Waals surface area contributed by atoms with Crippen molar-refractivity contribution in [2.24, 2.45) is 0 Å². The van der Waals surface area contributed by atoms with Crippen molar-refractivity contribution < 1.29 is 14.3 Å². The molecule has 0 radical (unpaired) electrons. The number of carbonyl (C=O) groups excluding carboxylic acids is 2. The molecule has 9 nitrogen and oxygen atoms in total. The Morgan fingerprint density at radius 3 is 2.64 bits per heavy atom. The number of anilines is 2. The van der Waals surface area contributed by atoms with Crippen LogP contribution >= 0.6 is 0 Å². The van der Waals surface area contributed by atoms with E-state index in [1.165, 1.54) is 7.11 Å². The molecule has 9 heteroatoms. The largest absolute Gasteiger partial charge is 0.375 e. The third-order valence-electron chi connectivity index (χ3n) is 3.71. The highest BCUT2D eigenvalue weighted by Crippen LogP contribution is 2.15. The zero-order chi connectivity index (χ0) is 19.8. The van der Waals surface area contributed by atoms with Gasteiger partial charge >= 0.3 is 6.03 Å². The summed E-state index contributed by atoms with van der Waals surface area (Å²) in [5.41, 5.74) is 1.93. The SMILES string of the molecule is COCC(=O)Nc1cccc(NC(=O)NCc2cccnc2-n2cccn2)c1. The molecule has 0 aliphatic rings. The molecule has 3 N–H and O–H groups in total. The van der Waals surface area contributed by atoms with Gasteiger partial charge in [0.05, 0.1) is 0 Å². The lowest BCUT2D eigenvalue weighted by Crippen LogP contribution is -2.28. The molecule has 0 atom stereocenters. The molecule has 3 rings (SSSR count).